The van der Waals surface area contributed by atoms with Gasteiger partial charge < -0.3 is 20.4 Å². The molecule has 3 rings (SSSR count). The van der Waals surface area contributed by atoms with Crippen molar-refractivity contribution < 1.29 is 4.74 Å². The summed E-state index contributed by atoms with van der Waals surface area (Å²) in [5, 5.41) is 8.89. The third-order valence-corrected chi connectivity index (χ3v) is 4.58. The summed E-state index contributed by atoms with van der Waals surface area (Å²) in [5.74, 6) is 0.758. The minimum atomic E-state index is 0.569. The largest absolute Gasteiger partial charge is 0.495 e. The first kappa shape index (κ1) is 17.6. The van der Waals surface area contributed by atoms with Crippen molar-refractivity contribution in [3.8, 4) is 5.75 Å². The molecule has 130 valence electrons. The quantitative estimate of drug-likeness (QED) is 0.569. The normalized spacial score (nSPS) is 10.7. The fourth-order valence-corrected chi connectivity index (χ4v) is 3.28. The van der Waals surface area contributed by atoms with E-state index in [1.54, 1.807) is 7.11 Å². The van der Waals surface area contributed by atoms with Gasteiger partial charge in [-0.2, -0.15) is 0 Å². The number of aromatic amines is 1. The van der Waals surface area contributed by atoms with Crippen LogP contribution in [0.4, 0.5) is 5.69 Å². The number of halogens is 1. The SMILES string of the molecule is COc1ccccc1NC(=S)NCCc1c(C)[nH]c2ccc(Cl)cc12. The van der Waals surface area contributed by atoms with Crippen LogP contribution in [0.5, 0.6) is 5.75 Å². The summed E-state index contributed by atoms with van der Waals surface area (Å²) in [6.45, 7) is 2.80. The van der Waals surface area contributed by atoms with E-state index < -0.39 is 0 Å². The molecule has 3 aromatic rings. The van der Waals surface area contributed by atoms with Gasteiger partial charge in [0.15, 0.2) is 5.11 Å². The Kier molecular flexibility index (Phi) is 5.46. The molecule has 0 spiro atoms. The number of hydrogen-bond donors (Lipinski definition) is 3. The van der Waals surface area contributed by atoms with Crippen LogP contribution in [0.2, 0.25) is 5.02 Å². The summed E-state index contributed by atoms with van der Waals surface area (Å²) in [6.07, 6.45) is 0.847. The second-order valence-electron chi connectivity index (χ2n) is 5.75. The number of ether oxygens (including phenoxy) is 1. The van der Waals surface area contributed by atoms with E-state index in [0.717, 1.165) is 46.0 Å². The van der Waals surface area contributed by atoms with Gasteiger partial charge in [0.2, 0.25) is 0 Å². The minimum Gasteiger partial charge on any atom is -0.495 e. The van der Waals surface area contributed by atoms with Gasteiger partial charge in [-0.05, 0) is 61.5 Å². The van der Waals surface area contributed by atoms with Crippen molar-refractivity contribution in [2.24, 2.45) is 0 Å². The molecule has 1 aromatic heterocycles. The Morgan fingerprint density at radius 3 is 2.84 bits per heavy atom. The number of aryl methyl sites for hydroxylation is 1. The first-order chi connectivity index (χ1) is 12.1. The molecule has 3 N–H and O–H groups in total. The average molecular weight is 374 g/mol. The Labute approximate surface area is 157 Å². The molecule has 0 atom stereocenters. The van der Waals surface area contributed by atoms with Gasteiger partial charge in [0.1, 0.15) is 5.75 Å². The second-order valence-corrected chi connectivity index (χ2v) is 6.59. The molecule has 0 saturated heterocycles. The van der Waals surface area contributed by atoms with Crippen LogP contribution >= 0.6 is 23.8 Å². The van der Waals surface area contributed by atoms with E-state index in [-0.39, 0.29) is 0 Å². The lowest BCUT2D eigenvalue weighted by Gasteiger charge is -2.13. The zero-order valence-electron chi connectivity index (χ0n) is 14.2. The number of aromatic nitrogens is 1. The molecule has 2 aromatic carbocycles. The molecule has 6 heteroatoms. The van der Waals surface area contributed by atoms with Crippen molar-refractivity contribution in [1.29, 1.82) is 0 Å². The van der Waals surface area contributed by atoms with Crippen LogP contribution in [0, 0.1) is 6.92 Å². The van der Waals surface area contributed by atoms with Crippen molar-refractivity contribution >= 4 is 45.5 Å². The van der Waals surface area contributed by atoms with Crippen molar-refractivity contribution in [1.82, 2.24) is 10.3 Å². The standard InChI is InChI=1S/C19H20ClN3OS/c1-12-14(15-11-13(20)7-8-16(15)22-12)9-10-21-19(25)23-17-5-3-4-6-18(17)24-2/h3-8,11,22H,9-10H2,1-2H3,(H2,21,23,25). The molecule has 0 radical (unpaired) electrons. The fourth-order valence-electron chi connectivity index (χ4n) is 2.89. The van der Waals surface area contributed by atoms with E-state index in [0.29, 0.717) is 5.11 Å². The van der Waals surface area contributed by atoms with Crippen molar-refractivity contribution in [2.75, 3.05) is 19.0 Å². The molecule has 0 aliphatic rings. The highest BCUT2D eigenvalue weighted by atomic mass is 35.5. The summed E-state index contributed by atoms with van der Waals surface area (Å²) in [4.78, 5) is 3.40. The molecule has 1 heterocycles. The van der Waals surface area contributed by atoms with Crippen LogP contribution in [0.25, 0.3) is 10.9 Å². The number of nitrogens with one attached hydrogen (secondary N) is 3. The summed E-state index contributed by atoms with van der Waals surface area (Å²) in [7, 11) is 1.64. The van der Waals surface area contributed by atoms with Gasteiger partial charge >= 0.3 is 0 Å². The van der Waals surface area contributed by atoms with E-state index in [2.05, 4.69) is 22.5 Å². The molecular formula is C19H20ClN3OS. The summed E-state index contributed by atoms with van der Waals surface area (Å²) in [6, 6.07) is 13.6. The van der Waals surface area contributed by atoms with Gasteiger partial charge in [-0.25, -0.2) is 0 Å². The smallest absolute Gasteiger partial charge is 0.170 e. The Morgan fingerprint density at radius 1 is 1.24 bits per heavy atom. The highest BCUT2D eigenvalue weighted by Crippen LogP contribution is 2.26. The van der Waals surface area contributed by atoms with Crippen molar-refractivity contribution in [3.63, 3.8) is 0 Å². The Morgan fingerprint density at radius 2 is 2.04 bits per heavy atom. The van der Waals surface area contributed by atoms with Crippen molar-refractivity contribution in [3.05, 3.63) is 58.7 Å². The molecule has 4 nitrogen and oxygen atoms in total. The molecule has 0 unspecified atom stereocenters. The number of thiocarbonyl (C=S) groups is 1. The molecule has 0 bridgehead atoms. The lowest BCUT2D eigenvalue weighted by Crippen LogP contribution is -2.30. The number of hydrogen-bond acceptors (Lipinski definition) is 2. The predicted octanol–water partition coefficient (Wildman–Crippen LogP) is 4.67. The number of fused-ring (bicyclic) bond motifs is 1. The van der Waals surface area contributed by atoms with E-state index in [1.807, 2.05) is 42.5 Å². The first-order valence-electron chi connectivity index (χ1n) is 8.03. The van der Waals surface area contributed by atoms with Crippen LogP contribution in [0.15, 0.2) is 42.5 Å². The first-order valence-corrected chi connectivity index (χ1v) is 8.81. The Hall–Kier alpha value is -2.24. The maximum atomic E-state index is 6.13. The van der Waals surface area contributed by atoms with Gasteiger partial charge in [0.25, 0.3) is 0 Å². The van der Waals surface area contributed by atoms with E-state index in [4.69, 9.17) is 28.6 Å². The van der Waals surface area contributed by atoms with E-state index in [9.17, 15) is 0 Å². The zero-order valence-corrected chi connectivity index (χ0v) is 15.7. The molecule has 25 heavy (non-hydrogen) atoms. The third-order valence-electron chi connectivity index (χ3n) is 4.10. The van der Waals surface area contributed by atoms with Gasteiger partial charge in [0.05, 0.1) is 12.8 Å². The number of benzene rings is 2. The third kappa shape index (κ3) is 4.06. The van der Waals surface area contributed by atoms with E-state index >= 15 is 0 Å². The lowest BCUT2D eigenvalue weighted by atomic mass is 10.1. The van der Waals surface area contributed by atoms with Crippen LogP contribution in [0.3, 0.4) is 0 Å². The topological polar surface area (TPSA) is 49.1 Å². The number of rotatable bonds is 5. The number of para-hydroxylation sites is 2. The Balaban J connectivity index is 1.62. The van der Waals surface area contributed by atoms with Crippen LogP contribution in [0.1, 0.15) is 11.3 Å². The molecular weight excluding hydrogens is 354 g/mol. The van der Waals surface area contributed by atoms with Gasteiger partial charge in [-0.3, -0.25) is 0 Å². The highest BCUT2D eigenvalue weighted by molar-refractivity contribution is 7.80. The number of methoxy groups -OCH3 is 1. The second kappa shape index (κ2) is 7.76. The number of H-pyrrole nitrogens is 1. The van der Waals surface area contributed by atoms with Crippen LogP contribution in [-0.4, -0.2) is 23.8 Å². The number of anilines is 1. The molecule has 0 fully saturated rings. The molecule has 0 aliphatic carbocycles. The molecule has 0 aliphatic heterocycles. The maximum absolute atomic E-state index is 6.13. The average Bonchev–Trinajstić information content (AvgIpc) is 2.90. The summed E-state index contributed by atoms with van der Waals surface area (Å²) in [5.41, 5.74) is 4.36. The van der Waals surface area contributed by atoms with Crippen LogP contribution in [-0.2, 0) is 6.42 Å². The van der Waals surface area contributed by atoms with Gasteiger partial charge in [0, 0.05) is 28.2 Å². The lowest BCUT2D eigenvalue weighted by molar-refractivity contribution is 0.417. The zero-order chi connectivity index (χ0) is 17.8. The van der Waals surface area contributed by atoms with Crippen LogP contribution < -0.4 is 15.4 Å². The monoisotopic (exact) mass is 373 g/mol. The van der Waals surface area contributed by atoms with Crippen molar-refractivity contribution in [2.45, 2.75) is 13.3 Å². The van der Waals surface area contributed by atoms with E-state index in [1.165, 1.54) is 5.56 Å². The Bertz CT molecular complexity index is 907. The highest BCUT2D eigenvalue weighted by Gasteiger charge is 2.09. The van der Waals surface area contributed by atoms with Gasteiger partial charge in [-0.15, -0.1) is 0 Å². The minimum absolute atomic E-state index is 0.569. The fraction of sp³-hybridized carbons (Fsp3) is 0.211. The van der Waals surface area contributed by atoms with Gasteiger partial charge in [-0.1, -0.05) is 23.7 Å². The summed E-state index contributed by atoms with van der Waals surface area (Å²) >= 11 is 11.5. The summed E-state index contributed by atoms with van der Waals surface area (Å²) < 4.78 is 5.32. The molecule has 0 amide bonds. The molecule has 0 saturated carbocycles. The maximum Gasteiger partial charge on any atom is 0.170 e. The predicted molar refractivity (Wildman–Crippen MR) is 109 cm³/mol.